The molecule has 0 aliphatic heterocycles. The molecule has 96 valence electrons. The first-order valence-corrected chi connectivity index (χ1v) is 6.73. The number of allylic oxidation sites excluding steroid dienone is 2. The van der Waals surface area contributed by atoms with Crippen LogP contribution in [0.5, 0.6) is 0 Å². The molecule has 1 N–H and O–H groups in total. The molecule has 0 amide bonds. The van der Waals surface area contributed by atoms with E-state index in [9.17, 15) is 9.90 Å². The largest absolute Gasteiger partial charge is 0.390 e. The summed E-state index contributed by atoms with van der Waals surface area (Å²) in [6.45, 7) is 6.20. The van der Waals surface area contributed by atoms with E-state index in [-0.39, 0.29) is 0 Å². The average Bonchev–Trinajstić information content (AvgIpc) is 2.48. The van der Waals surface area contributed by atoms with E-state index >= 15 is 0 Å². The van der Waals surface area contributed by atoms with Crippen molar-refractivity contribution in [1.82, 2.24) is 0 Å². The molecular weight excluding hydrogens is 212 g/mol. The molecule has 2 aliphatic rings. The van der Waals surface area contributed by atoms with Crippen molar-refractivity contribution in [3.8, 4) is 0 Å². The van der Waals surface area contributed by atoms with Gasteiger partial charge < -0.3 is 5.11 Å². The summed E-state index contributed by atoms with van der Waals surface area (Å²) in [5.74, 6) is 0.898. The topological polar surface area (TPSA) is 37.3 Å². The van der Waals surface area contributed by atoms with E-state index in [0.717, 1.165) is 37.5 Å². The molecule has 2 aliphatic carbocycles. The molecule has 2 nitrogen and oxygen atoms in total. The van der Waals surface area contributed by atoms with Gasteiger partial charge in [-0.1, -0.05) is 13.0 Å². The van der Waals surface area contributed by atoms with Crippen LogP contribution in [0.4, 0.5) is 0 Å². The predicted molar refractivity (Wildman–Crippen MR) is 68.6 cm³/mol. The zero-order chi connectivity index (χ0) is 12.7. The van der Waals surface area contributed by atoms with Crippen molar-refractivity contribution in [2.45, 2.75) is 58.5 Å². The predicted octanol–water partition coefficient (Wildman–Crippen LogP) is 3.10. The molecule has 0 radical (unpaired) electrons. The highest BCUT2D eigenvalue weighted by atomic mass is 16.3. The first kappa shape index (κ1) is 12.8. The number of aldehydes is 1. The van der Waals surface area contributed by atoms with Gasteiger partial charge in [-0.05, 0) is 68.8 Å². The number of hydrogen-bond donors (Lipinski definition) is 1. The monoisotopic (exact) mass is 236 g/mol. The normalized spacial score (nSPS) is 38.2. The quantitative estimate of drug-likeness (QED) is 0.748. The average molecular weight is 236 g/mol. The Bertz CT molecular complexity index is 337. The summed E-state index contributed by atoms with van der Waals surface area (Å²) in [4.78, 5) is 10.9. The molecule has 0 spiro atoms. The minimum absolute atomic E-state index is 0.311. The van der Waals surface area contributed by atoms with Gasteiger partial charge in [-0.3, -0.25) is 4.79 Å². The summed E-state index contributed by atoms with van der Waals surface area (Å²) in [6, 6.07) is 0. The number of hydrogen-bond acceptors (Lipinski definition) is 2. The van der Waals surface area contributed by atoms with Crippen LogP contribution in [0.15, 0.2) is 11.6 Å². The molecule has 0 aromatic rings. The Balaban J connectivity index is 2.24. The molecule has 1 fully saturated rings. The molecule has 0 aromatic carbocycles. The summed E-state index contributed by atoms with van der Waals surface area (Å²) >= 11 is 0. The van der Waals surface area contributed by atoms with Gasteiger partial charge in [-0.25, -0.2) is 0 Å². The zero-order valence-electron chi connectivity index (χ0n) is 11.2. The molecule has 2 rings (SSSR count). The van der Waals surface area contributed by atoms with Crippen molar-refractivity contribution < 1.29 is 9.90 Å². The lowest BCUT2D eigenvalue weighted by molar-refractivity contribution is -0.105. The van der Waals surface area contributed by atoms with Gasteiger partial charge in [0.05, 0.1) is 5.60 Å². The maximum absolute atomic E-state index is 10.9. The molecule has 1 saturated carbocycles. The number of rotatable bonds is 2. The van der Waals surface area contributed by atoms with E-state index in [1.807, 2.05) is 13.8 Å². The summed E-state index contributed by atoms with van der Waals surface area (Å²) in [5.41, 5.74) is 0.670. The molecular formula is C15H24O2. The maximum Gasteiger partial charge on any atom is 0.145 e. The highest BCUT2D eigenvalue weighted by Gasteiger charge is 2.49. The van der Waals surface area contributed by atoms with Crippen molar-refractivity contribution in [1.29, 1.82) is 0 Å². The number of carbonyl (C=O) groups excluding carboxylic acids is 1. The van der Waals surface area contributed by atoms with E-state index in [1.165, 1.54) is 6.42 Å². The molecule has 3 atom stereocenters. The molecule has 17 heavy (non-hydrogen) atoms. The van der Waals surface area contributed by atoms with E-state index in [0.29, 0.717) is 17.3 Å². The van der Waals surface area contributed by atoms with E-state index < -0.39 is 5.60 Å². The van der Waals surface area contributed by atoms with Crippen molar-refractivity contribution >= 4 is 6.29 Å². The van der Waals surface area contributed by atoms with Crippen molar-refractivity contribution in [3.05, 3.63) is 11.6 Å². The smallest absolute Gasteiger partial charge is 0.145 e. The Morgan fingerprint density at radius 1 is 1.47 bits per heavy atom. The van der Waals surface area contributed by atoms with Crippen LogP contribution >= 0.6 is 0 Å². The van der Waals surface area contributed by atoms with Crippen LogP contribution < -0.4 is 0 Å². The number of carbonyl (C=O) groups is 1. The second-order valence-corrected chi connectivity index (χ2v) is 6.69. The van der Waals surface area contributed by atoms with Gasteiger partial charge in [0.1, 0.15) is 6.29 Å². The Kier molecular flexibility index (Phi) is 3.19. The van der Waals surface area contributed by atoms with Gasteiger partial charge in [0.25, 0.3) is 0 Å². The summed E-state index contributed by atoms with van der Waals surface area (Å²) in [5, 5.41) is 10.3. The lowest BCUT2D eigenvalue weighted by Gasteiger charge is -2.37. The van der Waals surface area contributed by atoms with Crippen molar-refractivity contribution in [3.63, 3.8) is 0 Å². The lowest BCUT2D eigenvalue weighted by atomic mass is 9.70. The van der Waals surface area contributed by atoms with Crippen LogP contribution in [0.3, 0.4) is 0 Å². The van der Waals surface area contributed by atoms with Crippen LogP contribution in [-0.2, 0) is 4.79 Å². The molecule has 0 unspecified atom stereocenters. The van der Waals surface area contributed by atoms with Gasteiger partial charge >= 0.3 is 0 Å². The lowest BCUT2D eigenvalue weighted by Crippen LogP contribution is -2.37. The SMILES string of the molecule is CC(C)(O)[C@@H]1CC[C@@]2(C)CCC(C=O)=CC[C@H]12. The maximum atomic E-state index is 10.9. The summed E-state index contributed by atoms with van der Waals surface area (Å²) in [7, 11) is 0. The number of fused-ring (bicyclic) bond motifs is 1. The fraction of sp³-hybridized carbons (Fsp3) is 0.800. The minimum atomic E-state index is -0.595. The van der Waals surface area contributed by atoms with Crippen LogP contribution in [0.25, 0.3) is 0 Å². The summed E-state index contributed by atoms with van der Waals surface area (Å²) < 4.78 is 0. The fourth-order valence-corrected chi connectivity index (χ4v) is 3.88. The molecule has 0 aromatic heterocycles. The van der Waals surface area contributed by atoms with Crippen LogP contribution in [-0.4, -0.2) is 17.0 Å². The highest BCUT2D eigenvalue weighted by Crippen LogP contribution is 2.55. The molecule has 2 heteroatoms. The Hall–Kier alpha value is -0.630. The zero-order valence-corrected chi connectivity index (χ0v) is 11.2. The molecule has 0 saturated heterocycles. The third-order valence-corrected chi connectivity index (χ3v) is 5.08. The second-order valence-electron chi connectivity index (χ2n) is 6.69. The Morgan fingerprint density at radius 2 is 2.18 bits per heavy atom. The third kappa shape index (κ3) is 2.33. The standard InChI is InChI=1S/C15H24O2/c1-14(2,17)12-7-9-15(3)8-6-11(10-16)4-5-13(12)15/h4,10,12-13,17H,5-9H2,1-3H3/t12-,13-,15-/m1/s1. The van der Waals surface area contributed by atoms with Crippen LogP contribution in [0.1, 0.15) is 52.9 Å². The van der Waals surface area contributed by atoms with E-state index in [1.54, 1.807) is 0 Å². The Morgan fingerprint density at radius 3 is 2.76 bits per heavy atom. The third-order valence-electron chi connectivity index (χ3n) is 5.08. The van der Waals surface area contributed by atoms with Crippen LogP contribution in [0, 0.1) is 17.3 Å². The van der Waals surface area contributed by atoms with Gasteiger partial charge in [0.15, 0.2) is 0 Å². The summed E-state index contributed by atoms with van der Waals surface area (Å²) in [6.07, 6.45) is 8.38. The van der Waals surface area contributed by atoms with Gasteiger partial charge in [0.2, 0.25) is 0 Å². The van der Waals surface area contributed by atoms with Crippen molar-refractivity contribution in [2.75, 3.05) is 0 Å². The van der Waals surface area contributed by atoms with Gasteiger partial charge in [-0.15, -0.1) is 0 Å². The van der Waals surface area contributed by atoms with E-state index in [2.05, 4.69) is 13.0 Å². The van der Waals surface area contributed by atoms with Gasteiger partial charge in [0, 0.05) is 0 Å². The Labute approximate surface area is 104 Å². The number of aliphatic hydroxyl groups is 1. The minimum Gasteiger partial charge on any atom is -0.390 e. The molecule has 0 bridgehead atoms. The van der Waals surface area contributed by atoms with Crippen molar-refractivity contribution in [2.24, 2.45) is 17.3 Å². The second kappa shape index (κ2) is 4.24. The van der Waals surface area contributed by atoms with Gasteiger partial charge in [-0.2, -0.15) is 0 Å². The fourth-order valence-electron chi connectivity index (χ4n) is 3.88. The first-order chi connectivity index (χ1) is 7.87. The molecule has 0 heterocycles. The van der Waals surface area contributed by atoms with E-state index in [4.69, 9.17) is 0 Å². The highest BCUT2D eigenvalue weighted by molar-refractivity contribution is 5.73. The first-order valence-electron chi connectivity index (χ1n) is 6.73. The van der Waals surface area contributed by atoms with Crippen LogP contribution in [0.2, 0.25) is 0 Å².